The van der Waals surface area contributed by atoms with E-state index in [4.69, 9.17) is 10.2 Å². The fraction of sp³-hybridized carbons (Fsp3) is 0.455. The molecule has 2 atom stereocenters. The third-order valence-electron chi connectivity index (χ3n) is 2.63. The summed E-state index contributed by atoms with van der Waals surface area (Å²) in [5.74, 6) is 0. The molecule has 0 spiro atoms. The zero-order valence-electron chi connectivity index (χ0n) is 10.3. The molecule has 8 heteroatoms. The Bertz CT molecular complexity index is 505. The number of aliphatic hydroxyl groups is 1. The molecule has 108 valence electrons. The zero-order chi connectivity index (χ0) is 14.6. The van der Waals surface area contributed by atoms with E-state index < -0.39 is 22.6 Å². The third-order valence-corrected chi connectivity index (χ3v) is 3.56. The Morgan fingerprint density at radius 3 is 2.26 bits per heavy atom. The molecule has 0 aliphatic rings. The lowest BCUT2D eigenvalue weighted by Crippen LogP contribution is -2.33. The maximum Gasteiger partial charge on any atom is 0.265 e. The lowest BCUT2D eigenvalue weighted by atomic mass is 10.1. The van der Waals surface area contributed by atoms with Gasteiger partial charge in [-0.2, -0.15) is 0 Å². The van der Waals surface area contributed by atoms with Crippen molar-refractivity contribution in [2.45, 2.75) is 30.4 Å². The molecular weight excluding hydrogens is 278 g/mol. The summed E-state index contributed by atoms with van der Waals surface area (Å²) in [4.78, 5) is -0.0175. The molecule has 19 heavy (non-hydrogen) atoms. The molecule has 1 aromatic carbocycles. The van der Waals surface area contributed by atoms with Crippen LogP contribution in [0.25, 0.3) is 0 Å². The Kier molecular flexibility index (Phi) is 5.36. The number of primary sulfonamides is 1. The van der Waals surface area contributed by atoms with Gasteiger partial charge >= 0.3 is 0 Å². The first-order valence-electron chi connectivity index (χ1n) is 5.54. The van der Waals surface area contributed by atoms with Gasteiger partial charge in [0.1, 0.15) is 6.10 Å². The molecule has 0 aromatic heterocycles. The summed E-state index contributed by atoms with van der Waals surface area (Å²) in [6, 6.07) is 5.44. The van der Waals surface area contributed by atoms with Crippen molar-refractivity contribution >= 4 is 10.0 Å². The van der Waals surface area contributed by atoms with E-state index >= 15 is 0 Å². The van der Waals surface area contributed by atoms with E-state index in [1.165, 1.54) is 24.3 Å². The van der Waals surface area contributed by atoms with E-state index in [0.29, 0.717) is 5.56 Å². The van der Waals surface area contributed by atoms with E-state index in [2.05, 4.69) is 5.32 Å². The number of rotatable bonds is 6. The van der Waals surface area contributed by atoms with Crippen LogP contribution in [0, 0.1) is 0 Å². The summed E-state index contributed by atoms with van der Waals surface area (Å²) < 4.78 is 46.3. The largest absolute Gasteiger partial charge is 0.386 e. The van der Waals surface area contributed by atoms with Gasteiger partial charge in [-0.3, -0.25) is 0 Å². The molecule has 0 amide bonds. The van der Waals surface area contributed by atoms with Crippen molar-refractivity contribution in [3.05, 3.63) is 29.8 Å². The molecule has 4 N–H and O–H groups in total. The highest BCUT2D eigenvalue weighted by atomic mass is 32.2. The zero-order valence-corrected chi connectivity index (χ0v) is 11.1. The van der Waals surface area contributed by atoms with E-state index in [9.17, 15) is 17.2 Å². The van der Waals surface area contributed by atoms with Gasteiger partial charge in [-0.15, -0.1) is 0 Å². The van der Waals surface area contributed by atoms with Crippen LogP contribution in [-0.4, -0.2) is 32.6 Å². The van der Waals surface area contributed by atoms with Gasteiger partial charge in [0.2, 0.25) is 10.0 Å². The standard InChI is InChI=1S/C11H16F2N2O3S/c1-7(15-6-10(16)11(12)13)8-2-4-9(5-3-8)19(14,17)18/h2-5,7,10-11,15-16H,6H2,1H3,(H2,14,17,18). The van der Waals surface area contributed by atoms with Gasteiger partial charge in [-0.05, 0) is 24.6 Å². The Labute approximate surface area is 110 Å². The van der Waals surface area contributed by atoms with Crippen LogP contribution in [0.3, 0.4) is 0 Å². The maximum atomic E-state index is 12.1. The van der Waals surface area contributed by atoms with Crippen LogP contribution in [0.5, 0.6) is 0 Å². The second-order valence-electron chi connectivity index (χ2n) is 4.15. The molecule has 0 radical (unpaired) electrons. The molecule has 5 nitrogen and oxygen atoms in total. The number of alkyl halides is 2. The summed E-state index contributed by atoms with van der Waals surface area (Å²) in [7, 11) is -3.74. The summed E-state index contributed by atoms with van der Waals surface area (Å²) in [5, 5.41) is 16.6. The fourth-order valence-corrected chi connectivity index (χ4v) is 1.97. The van der Waals surface area contributed by atoms with Crippen molar-refractivity contribution in [3.63, 3.8) is 0 Å². The molecule has 0 fully saturated rings. The normalized spacial score (nSPS) is 15.5. The Morgan fingerprint density at radius 1 is 1.32 bits per heavy atom. The molecule has 0 aliphatic carbocycles. The Hall–Kier alpha value is -1.09. The Morgan fingerprint density at radius 2 is 1.84 bits per heavy atom. The van der Waals surface area contributed by atoms with Crippen molar-refractivity contribution in [2.75, 3.05) is 6.54 Å². The van der Waals surface area contributed by atoms with Crippen LogP contribution in [0.2, 0.25) is 0 Å². The van der Waals surface area contributed by atoms with Gasteiger partial charge in [0.15, 0.2) is 0 Å². The van der Waals surface area contributed by atoms with Crippen molar-refractivity contribution < 1.29 is 22.3 Å². The minimum absolute atomic E-state index is 0.0175. The predicted molar refractivity (Wildman–Crippen MR) is 66.2 cm³/mol. The molecule has 1 rings (SSSR count). The molecule has 0 bridgehead atoms. The fourth-order valence-electron chi connectivity index (χ4n) is 1.45. The highest BCUT2D eigenvalue weighted by Gasteiger charge is 2.17. The van der Waals surface area contributed by atoms with Gasteiger partial charge < -0.3 is 10.4 Å². The lowest BCUT2D eigenvalue weighted by molar-refractivity contribution is -0.00439. The second-order valence-corrected chi connectivity index (χ2v) is 5.71. The molecule has 1 aromatic rings. The first kappa shape index (κ1) is 16.0. The van der Waals surface area contributed by atoms with Gasteiger partial charge in [0.05, 0.1) is 4.90 Å². The molecule has 0 aliphatic heterocycles. The van der Waals surface area contributed by atoms with Gasteiger partial charge in [0, 0.05) is 12.6 Å². The smallest absolute Gasteiger partial charge is 0.265 e. The van der Waals surface area contributed by atoms with Crippen LogP contribution >= 0.6 is 0 Å². The molecule has 2 unspecified atom stereocenters. The first-order chi connectivity index (χ1) is 8.71. The second kappa shape index (κ2) is 6.38. The summed E-state index contributed by atoms with van der Waals surface area (Å²) in [6.07, 6.45) is -4.53. The predicted octanol–water partition coefficient (Wildman–Crippen LogP) is 0.611. The minimum Gasteiger partial charge on any atom is -0.386 e. The van der Waals surface area contributed by atoms with Crippen molar-refractivity contribution in [1.82, 2.24) is 5.32 Å². The van der Waals surface area contributed by atoms with Gasteiger partial charge in [-0.1, -0.05) is 12.1 Å². The van der Waals surface area contributed by atoms with E-state index in [1.807, 2.05) is 0 Å². The van der Waals surface area contributed by atoms with Gasteiger partial charge in [0.25, 0.3) is 6.43 Å². The molecule has 0 saturated heterocycles. The number of sulfonamides is 1. The van der Waals surface area contributed by atoms with Crippen molar-refractivity contribution in [1.29, 1.82) is 0 Å². The highest BCUT2D eigenvalue weighted by Crippen LogP contribution is 2.15. The average molecular weight is 294 g/mol. The maximum absolute atomic E-state index is 12.1. The quantitative estimate of drug-likeness (QED) is 0.717. The Balaban J connectivity index is 2.66. The van der Waals surface area contributed by atoms with E-state index in [1.54, 1.807) is 6.92 Å². The van der Waals surface area contributed by atoms with Gasteiger partial charge in [-0.25, -0.2) is 22.3 Å². The minimum atomic E-state index is -3.74. The molecular formula is C11H16F2N2O3S. The number of hydrogen-bond donors (Lipinski definition) is 3. The third kappa shape index (κ3) is 4.83. The number of nitrogens with one attached hydrogen (secondary N) is 1. The summed E-state index contributed by atoms with van der Waals surface area (Å²) in [5.41, 5.74) is 0.703. The SMILES string of the molecule is CC(NCC(O)C(F)F)c1ccc(S(N)(=O)=O)cc1. The van der Waals surface area contributed by atoms with Crippen molar-refractivity contribution in [3.8, 4) is 0 Å². The molecule has 0 heterocycles. The van der Waals surface area contributed by atoms with E-state index in [0.717, 1.165) is 0 Å². The molecule has 0 saturated carbocycles. The number of nitrogens with two attached hydrogens (primary N) is 1. The number of aliphatic hydroxyl groups excluding tert-OH is 1. The lowest BCUT2D eigenvalue weighted by Gasteiger charge is -2.17. The van der Waals surface area contributed by atoms with Crippen molar-refractivity contribution in [2.24, 2.45) is 5.14 Å². The van der Waals surface area contributed by atoms with Crippen LogP contribution in [0.1, 0.15) is 18.5 Å². The summed E-state index contributed by atoms with van der Waals surface area (Å²) >= 11 is 0. The monoisotopic (exact) mass is 294 g/mol. The van der Waals surface area contributed by atoms with Crippen LogP contribution < -0.4 is 10.5 Å². The van der Waals surface area contributed by atoms with Crippen LogP contribution in [0.4, 0.5) is 8.78 Å². The topological polar surface area (TPSA) is 92.4 Å². The number of halogens is 2. The van der Waals surface area contributed by atoms with Crippen LogP contribution in [-0.2, 0) is 10.0 Å². The number of hydrogen-bond acceptors (Lipinski definition) is 4. The average Bonchev–Trinajstić information content (AvgIpc) is 2.34. The number of benzene rings is 1. The highest BCUT2D eigenvalue weighted by molar-refractivity contribution is 7.89. The van der Waals surface area contributed by atoms with E-state index in [-0.39, 0.29) is 17.5 Å². The summed E-state index contributed by atoms with van der Waals surface area (Å²) in [6.45, 7) is 1.46. The van der Waals surface area contributed by atoms with Crippen LogP contribution in [0.15, 0.2) is 29.2 Å². The first-order valence-corrected chi connectivity index (χ1v) is 7.09.